The van der Waals surface area contributed by atoms with E-state index in [-0.39, 0.29) is 10.7 Å². The number of anilines is 1. The van der Waals surface area contributed by atoms with Gasteiger partial charge < -0.3 is 5.32 Å². The molecular formula is C19H14ClF3N4OS. The number of carbonyl (C=O) groups is 1. The van der Waals surface area contributed by atoms with Crippen molar-refractivity contribution in [3.05, 3.63) is 74.8 Å². The largest absolute Gasteiger partial charge is 0.418 e. The van der Waals surface area contributed by atoms with Gasteiger partial charge in [0.1, 0.15) is 15.7 Å². The molecule has 0 unspecified atom stereocenters. The highest BCUT2D eigenvalue weighted by atomic mass is 35.5. The quantitative estimate of drug-likeness (QED) is 0.537. The van der Waals surface area contributed by atoms with Crippen LogP contribution in [0.4, 0.5) is 19.0 Å². The second-order valence-corrected chi connectivity index (χ2v) is 7.36. The lowest BCUT2D eigenvalue weighted by Gasteiger charge is -2.10. The molecule has 3 aromatic rings. The van der Waals surface area contributed by atoms with Crippen molar-refractivity contribution in [2.24, 2.45) is 4.99 Å². The molecule has 0 atom stereocenters. The van der Waals surface area contributed by atoms with Crippen LogP contribution in [0.25, 0.3) is 0 Å². The molecule has 0 spiro atoms. The maximum Gasteiger partial charge on any atom is 0.418 e. The zero-order valence-corrected chi connectivity index (χ0v) is 16.6. The van der Waals surface area contributed by atoms with Crippen molar-refractivity contribution in [3.63, 3.8) is 0 Å². The summed E-state index contributed by atoms with van der Waals surface area (Å²) in [6, 6.07) is 10.3. The molecule has 29 heavy (non-hydrogen) atoms. The lowest BCUT2D eigenvalue weighted by atomic mass is 10.2. The highest BCUT2D eigenvalue weighted by molar-refractivity contribution is 7.15. The predicted molar refractivity (Wildman–Crippen MR) is 107 cm³/mol. The highest BCUT2D eigenvalue weighted by Crippen LogP contribution is 2.35. The van der Waals surface area contributed by atoms with Gasteiger partial charge in [-0.25, -0.2) is 9.97 Å². The number of aromatic nitrogens is 2. The van der Waals surface area contributed by atoms with Crippen molar-refractivity contribution in [1.29, 1.82) is 0 Å². The zero-order chi connectivity index (χ0) is 21.0. The van der Waals surface area contributed by atoms with Gasteiger partial charge in [-0.15, -0.1) is 11.3 Å². The smallest absolute Gasteiger partial charge is 0.306 e. The number of hydrogen-bond donors (Lipinski definition) is 1. The Bertz CT molecular complexity index is 1050. The topological polar surface area (TPSA) is 67.2 Å². The highest BCUT2D eigenvalue weighted by Gasteiger charge is 2.34. The zero-order valence-electron chi connectivity index (χ0n) is 15.0. The van der Waals surface area contributed by atoms with E-state index in [0.717, 1.165) is 23.1 Å². The van der Waals surface area contributed by atoms with E-state index >= 15 is 0 Å². The predicted octanol–water partition coefficient (Wildman–Crippen LogP) is 5.47. The van der Waals surface area contributed by atoms with E-state index < -0.39 is 22.7 Å². The molecule has 5 nitrogen and oxygen atoms in total. The Labute approximate surface area is 173 Å². The van der Waals surface area contributed by atoms with E-state index in [1.807, 2.05) is 30.3 Å². The third-order valence-corrected chi connectivity index (χ3v) is 5.19. The van der Waals surface area contributed by atoms with Crippen LogP contribution in [0.3, 0.4) is 0 Å². The molecule has 0 aliphatic rings. The number of hydrogen-bond acceptors (Lipinski definition) is 5. The number of nitrogens with one attached hydrogen (secondary N) is 1. The van der Waals surface area contributed by atoms with Gasteiger partial charge in [-0.3, -0.25) is 9.79 Å². The van der Waals surface area contributed by atoms with Gasteiger partial charge in [-0.05, 0) is 18.6 Å². The molecule has 1 aromatic carbocycles. The van der Waals surface area contributed by atoms with Crippen molar-refractivity contribution in [2.45, 2.75) is 19.6 Å². The molecule has 2 aromatic heterocycles. The summed E-state index contributed by atoms with van der Waals surface area (Å²) in [5.41, 5.74) is 0.621. The van der Waals surface area contributed by atoms with Crippen LogP contribution in [-0.2, 0) is 12.7 Å². The van der Waals surface area contributed by atoms with Crippen molar-refractivity contribution in [2.75, 3.05) is 5.32 Å². The summed E-state index contributed by atoms with van der Waals surface area (Å²) < 4.78 is 38.8. The number of aliphatic imine (C=N–C) groups is 1. The van der Waals surface area contributed by atoms with Crippen LogP contribution < -0.4 is 5.32 Å². The normalized spacial score (nSPS) is 12.1. The SMILES string of the molecule is C/C(=N\Cc1ccccc1)c1ncc(C(=O)Nc2cc(C(F)(F)F)c(Cl)cn2)s1. The standard InChI is InChI=1S/C19H14ClF3N4OS/c1-11(24-8-12-5-3-2-4-6-12)18-26-10-15(29-18)17(28)27-16-7-13(19(21,22)23)14(20)9-25-16/h2-7,9-10H,8H2,1H3,(H,25,27,28)/b24-11+. The minimum absolute atomic E-state index is 0.222. The second-order valence-electron chi connectivity index (χ2n) is 5.92. The van der Waals surface area contributed by atoms with E-state index in [0.29, 0.717) is 23.3 Å². The summed E-state index contributed by atoms with van der Waals surface area (Å²) >= 11 is 6.62. The fourth-order valence-electron chi connectivity index (χ4n) is 2.31. The van der Waals surface area contributed by atoms with E-state index in [9.17, 15) is 18.0 Å². The van der Waals surface area contributed by atoms with Crippen LogP contribution in [0.15, 0.2) is 53.8 Å². The Hall–Kier alpha value is -2.78. The number of benzene rings is 1. The molecule has 10 heteroatoms. The van der Waals surface area contributed by atoms with Crippen LogP contribution in [0, 0.1) is 0 Å². The molecule has 0 fully saturated rings. The molecule has 0 bridgehead atoms. The minimum Gasteiger partial charge on any atom is -0.306 e. The molecule has 0 aliphatic heterocycles. The van der Waals surface area contributed by atoms with E-state index in [2.05, 4.69) is 20.3 Å². The maximum absolute atomic E-state index is 12.9. The molecule has 2 heterocycles. The molecule has 0 saturated heterocycles. The average molecular weight is 439 g/mol. The van der Waals surface area contributed by atoms with Crippen molar-refractivity contribution in [1.82, 2.24) is 9.97 Å². The first-order valence-electron chi connectivity index (χ1n) is 8.29. The molecular weight excluding hydrogens is 425 g/mol. The number of thiazole rings is 1. The van der Waals surface area contributed by atoms with Gasteiger partial charge >= 0.3 is 6.18 Å². The van der Waals surface area contributed by atoms with Gasteiger partial charge in [0.2, 0.25) is 0 Å². The lowest BCUT2D eigenvalue weighted by Crippen LogP contribution is -2.13. The number of nitrogens with zero attached hydrogens (tertiary/aromatic N) is 3. The molecule has 0 radical (unpaired) electrons. The third-order valence-electron chi connectivity index (χ3n) is 3.78. The molecule has 1 N–H and O–H groups in total. The van der Waals surface area contributed by atoms with Crippen LogP contribution >= 0.6 is 22.9 Å². The molecule has 0 aliphatic carbocycles. The van der Waals surface area contributed by atoms with Crippen molar-refractivity contribution < 1.29 is 18.0 Å². The summed E-state index contributed by atoms with van der Waals surface area (Å²) in [5, 5.41) is 2.34. The van der Waals surface area contributed by atoms with E-state index in [1.54, 1.807) is 6.92 Å². The van der Waals surface area contributed by atoms with Crippen molar-refractivity contribution >= 4 is 40.4 Å². The first kappa shape index (κ1) is 20.9. The monoisotopic (exact) mass is 438 g/mol. The number of rotatable bonds is 5. The Morgan fingerprint density at radius 2 is 1.93 bits per heavy atom. The first-order valence-corrected chi connectivity index (χ1v) is 9.49. The Morgan fingerprint density at radius 3 is 2.62 bits per heavy atom. The lowest BCUT2D eigenvalue weighted by molar-refractivity contribution is -0.137. The summed E-state index contributed by atoms with van der Waals surface area (Å²) in [6.45, 7) is 2.25. The van der Waals surface area contributed by atoms with Gasteiger partial charge in [-0.2, -0.15) is 13.2 Å². The van der Waals surface area contributed by atoms with Gasteiger partial charge in [0.15, 0.2) is 0 Å². The fraction of sp³-hybridized carbons (Fsp3) is 0.158. The maximum atomic E-state index is 12.9. The molecule has 1 amide bonds. The Morgan fingerprint density at radius 1 is 1.21 bits per heavy atom. The van der Waals surface area contributed by atoms with Gasteiger partial charge in [-0.1, -0.05) is 41.9 Å². The third kappa shape index (κ3) is 5.39. The summed E-state index contributed by atoms with van der Waals surface area (Å²) in [5.74, 6) is -0.872. The second kappa shape index (κ2) is 8.71. The first-order chi connectivity index (χ1) is 13.7. The number of amides is 1. The summed E-state index contributed by atoms with van der Waals surface area (Å²) in [4.78, 5) is 24.9. The molecule has 0 saturated carbocycles. The Kier molecular flexibility index (Phi) is 6.29. The van der Waals surface area contributed by atoms with Crippen molar-refractivity contribution in [3.8, 4) is 0 Å². The number of pyridine rings is 1. The van der Waals surface area contributed by atoms with Crippen LogP contribution in [-0.4, -0.2) is 21.6 Å². The van der Waals surface area contributed by atoms with Gasteiger partial charge in [0, 0.05) is 6.20 Å². The molecule has 150 valence electrons. The van der Waals surface area contributed by atoms with E-state index in [4.69, 9.17) is 11.6 Å². The fourth-order valence-corrected chi connectivity index (χ4v) is 3.30. The Balaban J connectivity index is 1.71. The number of halogens is 4. The van der Waals surface area contributed by atoms with Gasteiger partial charge in [0.25, 0.3) is 5.91 Å². The average Bonchev–Trinajstić information content (AvgIpc) is 3.18. The van der Waals surface area contributed by atoms with Crippen LogP contribution in [0.1, 0.15) is 32.7 Å². The summed E-state index contributed by atoms with van der Waals surface area (Å²) in [7, 11) is 0. The van der Waals surface area contributed by atoms with Crippen LogP contribution in [0.2, 0.25) is 5.02 Å². The number of alkyl halides is 3. The van der Waals surface area contributed by atoms with E-state index in [1.165, 1.54) is 6.20 Å². The molecule has 3 rings (SSSR count). The summed E-state index contributed by atoms with van der Waals surface area (Å²) in [6.07, 6.45) is -2.46. The van der Waals surface area contributed by atoms with Crippen LogP contribution in [0.5, 0.6) is 0 Å². The number of carbonyl (C=O) groups excluding carboxylic acids is 1. The van der Waals surface area contributed by atoms with Gasteiger partial charge in [0.05, 0.1) is 29.0 Å². The minimum atomic E-state index is -4.65.